The van der Waals surface area contributed by atoms with Gasteiger partial charge < -0.3 is 0 Å². The number of benzene rings is 1. The first-order valence-corrected chi connectivity index (χ1v) is 5.71. The predicted octanol–water partition coefficient (Wildman–Crippen LogP) is 1.95. The summed E-state index contributed by atoms with van der Waals surface area (Å²) >= 11 is 1.67. The smallest absolute Gasteiger partial charge is 0.257 e. The van der Waals surface area contributed by atoms with E-state index < -0.39 is 0 Å². The van der Waals surface area contributed by atoms with Gasteiger partial charge in [0, 0.05) is 17.2 Å². The van der Waals surface area contributed by atoms with Crippen LogP contribution in [0.3, 0.4) is 0 Å². The van der Waals surface area contributed by atoms with E-state index in [0.717, 1.165) is 5.69 Å². The van der Waals surface area contributed by atoms with Crippen LogP contribution >= 0.6 is 11.8 Å². The Morgan fingerprint density at radius 3 is 2.53 bits per heavy atom. The Hall–Kier alpha value is -1.55. The van der Waals surface area contributed by atoms with Crippen LogP contribution < -0.4 is 5.56 Å². The second-order valence-electron chi connectivity index (χ2n) is 2.99. The van der Waals surface area contributed by atoms with Crippen LogP contribution in [0, 0.1) is 0 Å². The maximum absolute atomic E-state index is 11.5. The molecule has 2 aromatic rings. The molecule has 0 aliphatic carbocycles. The second-order valence-corrected chi connectivity index (χ2v) is 3.87. The van der Waals surface area contributed by atoms with E-state index >= 15 is 0 Å². The van der Waals surface area contributed by atoms with Crippen molar-refractivity contribution in [2.75, 3.05) is 6.26 Å². The lowest BCUT2D eigenvalue weighted by molar-refractivity contribution is 0.934. The van der Waals surface area contributed by atoms with Crippen LogP contribution in [0.25, 0.3) is 5.69 Å². The Balaban J connectivity index is 2.46. The highest BCUT2D eigenvalue weighted by Crippen LogP contribution is 2.15. The summed E-state index contributed by atoms with van der Waals surface area (Å²) in [6, 6.07) is 9.24. The number of hydrogen-bond donors (Lipinski definition) is 0. The van der Waals surface area contributed by atoms with Crippen molar-refractivity contribution in [2.24, 2.45) is 0 Å². The van der Waals surface area contributed by atoms with E-state index in [1.165, 1.54) is 28.1 Å². The van der Waals surface area contributed by atoms with Crippen LogP contribution in [-0.2, 0) is 0 Å². The maximum atomic E-state index is 11.5. The minimum absolute atomic E-state index is 0.0677. The summed E-state index contributed by atoms with van der Waals surface area (Å²) in [5.41, 5.74) is 0.771. The van der Waals surface area contributed by atoms with Gasteiger partial charge in [0.05, 0.1) is 5.69 Å². The van der Waals surface area contributed by atoms with E-state index in [1.54, 1.807) is 11.8 Å². The average molecular weight is 218 g/mol. The van der Waals surface area contributed by atoms with Crippen LogP contribution in [-0.4, -0.2) is 15.8 Å². The largest absolute Gasteiger partial charge is 0.269 e. The molecule has 0 aliphatic rings. The van der Waals surface area contributed by atoms with Crippen LogP contribution in [0.4, 0.5) is 0 Å². The summed E-state index contributed by atoms with van der Waals surface area (Å²) in [5.74, 6) is 0. The molecule has 0 bridgehead atoms. The van der Waals surface area contributed by atoms with Crippen LogP contribution in [0.1, 0.15) is 0 Å². The fraction of sp³-hybridized carbons (Fsp3) is 0.0909. The summed E-state index contributed by atoms with van der Waals surface area (Å²) in [4.78, 5) is 16.6. The Bertz CT molecular complexity index is 504. The molecule has 3 nitrogen and oxygen atoms in total. The van der Waals surface area contributed by atoms with Crippen molar-refractivity contribution in [3.05, 3.63) is 53.2 Å². The van der Waals surface area contributed by atoms with Crippen molar-refractivity contribution in [2.45, 2.75) is 4.90 Å². The van der Waals surface area contributed by atoms with E-state index in [9.17, 15) is 4.79 Å². The highest BCUT2D eigenvalue weighted by molar-refractivity contribution is 7.98. The van der Waals surface area contributed by atoms with Gasteiger partial charge >= 0.3 is 0 Å². The standard InChI is InChI=1S/C11H10N2OS/c1-15-10-4-2-9(3-5-10)13-8-12-7-6-11(13)14/h2-8H,1H3. The first-order chi connectivity index (χ1) is 7.31. The molecule has 0 N–H and O–H groups in total. The molecule has 0 spiro atoms. The highest BCUT2D eigenvalue weighted by atomic mass is 32.2. The molecule has 76 valence electrons. The predicted molar refractivity (Wildman–Crippen MR) is 61.6 cm³/mol. The highest BCUT2D eigenvalue weighted by Gasteiger charge is 1.98. The number of thioether (sulfide) groups is 1. The lowest BCUT2D eigenvalue weighted by Crippen LogP contribution is -2.16. The maximum Gasteiger partial charge on any atom is 0.257 e. The van der Waals surface area contributed by atoms with E-state index in [2.05, 4.69) is 4.98 Å². The molecule has 0 atom stereocenters. The molecule has 0 fully saturated rings. The summed E-state index contributed by atoms with van der Waals surface area (Å²) in [6.45, 7) is 0. The van der Waals surface area contributed by atoms with Gasteiger partial charge in [-0.2, -0.15) is 0 Å². The quantitative estimate of drug-likeness (QED) is 0.723. The van der Waals surface area contributed by atoms with Crippen molar-refractivity contribution >= 4 is 11.8 Å². The van der Waals surface area contributed by atoms with Gasteiger partial charge in [-0.1, -0.05) is 0 Å². The zero-order chi connectivity index (χ0) is 10.7. The first kappa shape index (κ1) is 9.98. The second kappa shape index (κ2) is 4.31. The zero-order valence-electron chi connectivity index (χ0n) is 8.25. The Morgan fingerprint density at radius 1 is 1.20 bits per heavy atom. The SMILES string of the molecule is CSc1ccc(-n2cnccc2=O)cc1. The third kappa shape index (κ3) is 2.10. The minimum atomic E-state index is -0.0677. The number of rotatable bonds is 2. The number of hydrogen-bond acceptors (Lipinski definition) is 3. The van der Waals surface area contributed by atoms with E-state index in [0.29, 0.717) is 0 Å². The lowest BCUT2D eigenvalue weighted by Gasteiger charge is -2.04. The number of nitrogens with zero attached hydrogens (tertiary/aromatic N) is 2. The Morgan fingerprint density at radius 2 is 1.93 bits per heavy atom. The van der Waals surface area contributed by atoms with Crippen LogP contribution in [0.2, 0.25) is 0 Å². The van der Waals surface area contributed by atoms with E-state index in [-0.39, 0.29) is 5.56 Å². The fourth-order valence-electron chi connectivity index (χ4n) is 1.29. The van der Waals surface area contributed by atoms with Crippen molar-refractivity contribution in [3.63, 3.8) is 0 Å². The molecule has 1 heterocycles. The topological polar surface area (TPSA) is 34.9 Å². The molecular formula is C11H10N2OS. The number of aromatic nitrogens is 2. The van der Waals surface area contributed by atoms with E-state index in [1.807, 2.05) is 30.5 Å². The van der Waals surface area contributed by atoms with Gasteiger partial charge in [0.25, 0.3) is 5.56 Å². The molecule has 0 unspecified atom stereocenters. The van der Waals surface area contributed by atoms with Crippen molar-refractivity contribution in [3.8, 4) is 5.69 Å². The van der Waals surface area contributed by atoms with Crippen LogP contribution in [0.15, 0.2) is 52.5 Å². The van der Waals surface area contributed by atoms with Gasteiger partial charge in [0.15, 0.2) is 0 Å². The van der Waals surface area contributed by atoms with Crippen molar-refractivity contribution < 1.29 is 0 Å². The van der Waals surface area contributed by atoms with Gasteiger partial charge in [0.1, 0.15) is 6.33 Å². The summed E-state index contributed by atoms with van der Waals surface area (Å²) in [6.07, 6.45) is 5.04. The molecule has 0 saturated carbocycles. The summed E-state index contributed by atoms with van der Waals surface area (Å²) in [5, 5.41) is 0. The molecule has 15 heavy (non-hydrogen) atoms. The average Bonchev–Trinajstić information content (AvgIpc) is 2.30. The van der Waals surface area contributed by atoms with Gasteiger partial charge in [-0.15, -0.1) is 11.8 Å². The first-order valence-electron chi connectivity index (χ1n) is 4.48. The third-order valence-corrected chi connectivity index (χ3v) is 2.82. The van der Waals surface area contributed by atoms with Gasteiger partial charge in [-0.05, 0) is 30.5 Å². The molecule has 0 amide bonds. The molecule has 0 aliphatic heterocycles. The molecule has 0 saturated heterocycles. The molecule has 1 aromatic carbocycles. The third-order valence-electron chi connectivity index (χ3n) is 2.07. The van der Waals surface area contributed by atoms with Gasteiger partial charge in [-0.3, -0.25) is 9.36 Å². The van der Waals surface area contributed by atoms with Crippen molar-refractivity contribution in [1.82, 2.24) is 9.55 Å². The van der Waals surface area contributed by atoms with Crippen molar-refractivity contribution in [1.29, 1.82) is 0 Å². The summed E-state index contributed by atoms with van der Waals surface area (Å²) in [7, 11) is 0. The molecule has 0 radical (unpaired) electrons. The molecule has 4 heteroatoms. The molecule has 2 rings (SSSR count). The normalized spacial score (nSPS) is 10.2. The molecular weight excluding hydrogens is 208 g/mol. The Labute approximate surface area is 91.8 Å². The van der Waals surface area contributed by atoms with Gasteiger partial charge in [0.2, 0.25) is 0 Å². The van der Waals surface area contributed by atoms with E-state index in [4.69, 9.17) is 0 Å². The zero-order valence-corrected chi connectivity index (χ0v) is 9.07. The Kier molecular flexibility index (Phi) is 2.87. The fourth-order valence-corrected chi connectivity index (χ4v) is 1.69. The lowest BCUT2D eigenvalue weighted by atomic mass is 10.3. The molecule has 1 aromatic heterocycles. The summed E-state index contributed by atoms with van der Waals surface area (Å²) < 4.78 is 1.52. The monoisotopic (exact) mass is 218 g/mol. The van der Waals surface area contributed by atoms with Gasteiger partial charge in [-0.25, -0.2) is 4.98 Å². The minimum Gasteiger partial charge on any atom is -0.269 e. The van der Waals surface area contributed by atoms with Crippen LogP contribution in [0.5, 0.6) is 0 Å².